The van der Waals surface area contributed by atoms with E-state index in [-0.39, 0.29) is 48.3 Å². The van der Waals surface area contributed by atoms with Crippen molar-refractivity contribution in [1.29, 1.82) is 0 Å². The molecule has 4 rings (SSSR count). The van der Waals surface area contributed by atoms with Crippen molar-refractivity contribution in [2.24, 2.45) is 5.10 Å². The quantitative estimate of drug-likeness (QED) is 0.702. The van der Waals surface area contributed by atoms with Gasteiger partial charge >= 0.3 is 0 Å². The smallest absolute Gasteiger partial charge is 0.267 e. The molecule has 2 aromatic rings. The van der Waals surface area contributed by atoms with E-state index in [1.807, 2.05) is 0 Å². The van der Waals surface area contributed by atoms with E-state index in [4.69, 9.17) is 4.74 Å². The van der Waals surface area contributed by atoms with Gasteiger partial charge in [0.05, 0.1) is 23.7 Å². The number of aromatic nitrogens is 1. The molecule has 1 atom stereocenters. The first kappa shape index (κ1) is 21.9. The first-order chi connectivity index (χ1) is 15.3. The lowest BCUT2D eigenvalue weighted by molar-refractivity contribution is -0.133. The molecule has 0 radical (unpaired) electrons. The number of hydrogen-bond donors (Lipinski definition) is 1. The fourth-order valence-corrected chi connectivity index (χ4v) is 5.24. The van der Waals surface area contributed by atoms with E-state index in [1.165, 1.54) is 18.3 Å². The molecule has 9 nitrogen and oxygen atoms in total. The number of benzene rings is 1. The van der Waals surface area contributed by atoms with E-state index in [0.717, 1.165) is 5.01 Å². The molecule has 168 valence electrons. The number of rotatable bonds is 6. The van der Waals surface area contributed by atoms with Gasteiger partial charge in [0, 0.05) is 25.6 Å². The van der Waals surface area contributed by atoms with Crippen LogP contribution in [0.5, 0.6) is 11.5 Å². The third kappa shape index (κ3) is 5.10. The Kier molecular flexibility index (Phi) is 6.17. The van der Waals surface area contributed by atoms with Crippen LogP contribution in [-0.2, 0) is 26.0 Å². The highest BCUT2D eigenvalue weighted by molar-refractivity contribution is 7.91. The summed E-state index contributed by atoms with van der Waals surface area (Å²) in [4.78, 5) is 28.6. The molecular formula is C21H21FN4O5S. The summed E-state index contributed by atoms with van der Waals surface area (Å²) in [6, 6.07) is 7.12. The molecular weight excluding hydrogens is 439 g/mol. The summed E-state index contributed by atoms with van der Waals surface area (Å²) in [5, 5.41) is 7.92. The number of ether oxygens (including phenoxy) is 1. The van der Waals surface area contributed by atoms with Crippen LogP contribution in [0.3, 0.4) is 0 Å². The van der Waals surface area contributed by atoms with Crippen molar-refractivity contribution in [3.63, 3.8) is 0 Å². The number of halogens is 1. The van der Waals surface area contributed by atoms with E-state index in [0.29, 0.717) is 17.7 Å². The maximum atomic E-state index is 14.4. The average Bonchev–Trinajstić information content (AvgIpc) is 3.14. The van der Waals surface area contributed by atoms with Crippen molar-refractivity contribution in [2.75, 3.05) is 11.5 Å². The fraction of sp³-hybridized carbons (Fsp3) is 0.333. The van der Waals surface area contributed by atoms with Gasteiger partial charge in [-0.2, -0.15) is 5.10 Å². The number of amides is 2. The SMILES string of the molecule is O=C(NCc1ccc(Oc2cccnc2)c(F)c1)C1=NN(C2CCS(=O)(=O)C2)C(=O)CC1. The van der Waals surface area contributed by atoms with Gasteiger partial charge in [0.2, 0.25) is 5.91 Å². The molecule has 0 bridgehead atoms. The molecule has 0 aliphatic carbocycles. The van der Waals surface area contributed by atoms with Crippen molar-refractivity contribution < 1.29 is 27.1 Å². The van der Waals surface area contributed by atoms with Gasteiger partial charge in [-0.15, -0.1) is 0 Å². The molecule has 2 amide bonds. The van der Waals surface area contributed by atoms with Crippen LogP contribution in [0.2, 0.25) is 0 Å². The first-order valence-corrected chi connectivity index (χ1v) is 11.9. The van der Waals surface area contributed by atoms with E-state index >= 15 is 0 Å². The number of hydrazone groups is 1. The lowest BCUT2D eigenvalue weighted by Crippen LogP contribution is -2.43. The van der Waals surface area contributed by atoms with E-state index in [2.05, 4.69) is 15.4 Å². The van der Waals surface area contributed by atoms with E-state index < -0.39 is 27.6 Å². The molecule has 1 aromatic carbocycles. The van der Waals surface area contributed by atoms with Crippen LogP contribution in [0.1, 0.15) is 24.8 Å². The highest BCUT2D eigenvalue weighted by atomic mass is 32.2. The number of carbonyl (C=O) groups excluding carboxylic acids is 2. The molecule has 1 aromatic heterocycles. The number of pyridine rings is 1. The van der Waals surface area contributed by atoms with Crippen molar-refractivity contribution in [1.82, 2.24) is 15.3 Å². The lowest BCUT2D eigenvalue weighted by Gasteiger charge is -2.27. The van der Waals surface area contributed by atoms with Gasteiger partial charge in [0.25, 0.3) is 5.91 Å². The van der Waals surface area contributed by atoms with Crippen LogP contribution < -0.4 is 10.1 Å². The van der Waals surface area contributed by atoms with Gasteiger partial charge in [-0.1, -0.05) is 6.07 Å². The Hall–Kier alpha value is -3.34. The van der Waals surface area contributed by atoms with Crippen LogP contribution in [0.25, 0.3) is 0 Å². The number of nitrogens with one attached hydrogen (secondary N) is 1. The van der Waals surface area contributed by atoms with Gasteiger partial charge in [0.15, 0.2) is 21.4 Å². The largest absolute Gasteiger partial charge is 0.453 e. The summed E-state index contributed by atoms with van der Waals surface area (Å²) in [7, 11) is -3.19. The first-order valence-electron chi connectivity index (χ1n) is 10.1. The molecule has 1 N–H and O–H groups in total. The average molecular weight is 460 g/mol. The number of nitrogens with zero attached hydrogens (tertiary/aromatic N) is 3. The summed E-state index contributed by atoms with van der Waals surface area (Å²) in [5.74, 6) is -1.08. The Balaban J connectivity index is 1.38. The predicted molar refractivity (Wildman–Crippen MR) is 113 cm³/mol. The Labute approximate surface area is 184 Å². The van der Waals surface area contributed by atoms with Gasteiger partial charge < -0.3 is 10.1 Å². The standard InChI is InChI=1S/C21H21FN4O5S/c22-17-10-14(3-5-19(17)31-16-2-1-8-23-12-16)11-24-21(28)18-4-6-20(27)26(25-18)15-7-9-32(29,30)13-15/h1-3,5,8,10,12,15H,4,6-7,9,11,13H2,(H,24,28). The Morgan fingerprint density at radius 1 is 1.28 bits per heavy atom. The molecule has 1 saturated heterocycles. The van der Waals surface area contributed by atoms with Gasteiger partial charge in [-0.25, -0.2) is 17.8 Å². The van der Waals surface area contributed by atoms with Crippen LogP contribution in [-0.4, -0.2) is 53.5 Å². The third-order valence-corrected chi connectivity index (χ3v) is 6.94. The molecule has 0 saturated carbocycles. The third-order valence-electron chi connectivity index (χ3n) is 5.19. The maximum Gasteiger partial charge on any atom is 0.267 e. The summed E-state index contributed by atoms with van der Waals surface area (Å²) in [6.07, 6.45) is 3.59. The van der Waals surface area contributed by atoms with Crippen molar-refractivity contribution in [2.45, 2.75) is 31.8 Å². The second-order valence-corrected chi connectivity index (χ2v) is 9.81. The topological polar surface area (TPSA) is 118 Å². The van der Waals surface area contributed by atoms with Crippen LogP contribution in [0.15, 0.2) is 47.8 Å². The minimum absolute atomic E-state index is 0.00452. The van der Waals surface area contributed by atoms with Crippen LogP contribution >= 0.6 is 0 Å². The Morgan fingerprint density at radius 3 is 2.81 bits per heavy atom. The summed E-state index contributed by atoms with van der Waals surface area (Å²) < 4.78 is 43.2. The molecule has 11 heteroatoms. The van der Waals surface area contributed by atoms with E-state index in [1.54, 1.807) is 24.4 Å². The van der Waals surface area contributed by atoms with Crippen molar-refractivity contribution >= 4 is 27.4 Å². The monoisotopic (exact) mass is 460 g/mol. The number of sulfone groups is 1. The normalized spacial score (nSPS) is 20.0. The molecule has 1 unspecified atom stereocenters. The van der Waals surface area contributed by atoms with Crippen LogP contribution in [0, 0.1) is 5.82 Å². The molecule has 32 heavy (non-hydrogen) atoms. The zero-order chi connectivity index (χ0) is 22.7. The van der Waals surface area contributed by atoms with Crippen LogP contribution in [0.4, 0.5) is 4.39 Å². The second kappa shape index (κ2) is 9.03. The zero-order valence-electron chi connectivity index (χ0n) is 17.0. The Morgan fingerprint density at radius 2 is 2.12 bits per heavy atom. The highest BCUT2D eigenvalue weighted by Crippen LogP contribution is 2.25. The summed E-state index contributed by atoms with van der Waals surface area (Å²) in [5.41, 5.74) is 0.659. The summed E-state index contributed by atoms with van der Waals surface area (Å²) in [6.45, 7) is 0.0493. The highest BCUT2D eigenvalue weighted by Gasteiger charge is 2.37. The minimum atomic E-state index is -3.19. The van der Waals surface area contributed by atoms with E-state index in [9.17, 15) is 22.4 Å². The zero-order valence-corrected chi connectivity index (χ0v) is 17.8. The van der Waals surface area contributed by atoms with Crippen molar-refractivity contribution in [3.8, 4) is 11.5 Å². The van der Waals surface area contributed by atoms with Gasteiger partial charge in [-0.05, 0) is 36.2 Å². The molecule has 2 aliphatic rings. The molecule has 2 aliphatic heterocycles. The second-order valence-electron chi connectivity index (χ2n) is 7.58. The Bertz CT molecular complexity index is 1170. The van der Waals surface area contributed by atoms with Gasteiger partial charge in [-0.3, -0.25) is 14.6 Å². The summed E-state index contributed by atoms with van der Waals surface area (Å²) >= 11 is 0. The minimum Gasteiger partial charge on any atom is -0.453 e. The van der Waals surface area contributed by atoms with Gasteiger partial charge in [0.1, 0.15) is 11.5 Å². The molecule has 0 spiro atoms. The number of carbonyl (C=O) groups is 2. The predicted octanol–water partition coefficient (Wildman–Crippen LogP) is 1.79. The molecule has 1 fully saturated rings. The van der Waals surface area contributed by atoms with Crippen molar-refractivity contribution in [3.05, 3.63) is 54.1 Å². The fourth-order valence-electron chi connectivity index (χ4n) is 3.54. The molecule has 3 heterocycles. The lowest BCUT2D eigenvalue weighted by atomic mass is 10.1. The maximum absolute atomic E-state index is 14.4. The number of hydrogen-bond acceptors (Lipinski definition) is 7.